The predicted molar refractivity (Wildman–Crippen MR) is 48.8 cm³/mol. The normalized spacial score (nSPS) is 13.6. The molecule has 0 rings (SSSR count). The average molecular weight is 218 g/mol. The van der Waals surface area contributed by atoms with E-state index in [1.54, 1.807) is 0 Å². The lowest BCUT2D eigenvalue weighted by Gasteiger charge is -2.24. The van der Waals surface area contributed by atoms with Gasteiger partial charge in [-0.25, -0.2) is 4.79 Å². The fraction of sp³-hybridized carbons (Fsp3) is 0.667. The van der Waals surface area contributed by atoms with Crippen molar-refractivity contribution in [2.45, 2.75) is 25.9 Å². The van der Waals surface area contributed by atoms with Crippen LogP contribution < -0.4 is 0 Å². The van der Waals surface area contributed by atoms with Crippen molar-refractivity contribution in [1.29, 1.82) is 0 Å². The van der Waals surface area contributed by atoms with Crippen molar-refractivity contribution < 1.29 is 28.6 Å². The first-order chi connectivity index (χ1) is 6.85. The number of carbonyl (C=O) groups is 3. The Labute approximate surface area is 87.5 Å². The summed E-state index contributed by atoms with van der Waals surface area (Å²) in [5.41, 5.74) is -1.63. The highest BCUT2D eigenvalue weighted by Gasteiger charge is 2.40. The molecule has 0 aromatic heterocycles. The molecule has 6 heteroatoms. The minimum absolute atomic E-state index is 0.379. The first kappa shape index (κ1) is 13.4. The fourth-order valence-corrected chi connectivity index (χ4v) is 1.03. The Kier molecular flexibility index (Phi) is 4.77. The second kappa shape index (κ2) is 5.33. The van der Waals surface area contributed by atoms with Gasteiger partial charge >= 0.3 is 17.9 Å². The maximum atomic E-state index is 11.3. The van der Waals surface area contributed by atoms with Gasteiger partial charge in [0, 0.05) is 6.92 Å². The van der Waals surface area contributed by atoms with Gasteiger partial charge in [-0.2, -0.15) is 0 Å². The average Bonchev–Trinajstić information content (AvgIpc) is 2.14. The van der Waals surface area contributed by atoms with Crippen LogP contribution in [0.25, 0.3) is 0 Å². The van der Waals surface area contributed by atoms with Crippen molar-refractivity contribution >= 4 is 17.9 Å². The van der Waals surface area contributed by atoms with Crippen LogP contribution in [0, 0.1) is 0 Å². The van der Waals surface area contributed by atoms with E-state index in [2.05, 4.69) is 9.47 Å². The van der Waals surface area contributed by atoms with Crippen molar-refractivity contribution in [3.8, 4) is 0 Å². The summed E-state index contributed by atoms with van der Waals surface area (Å²) in [5, 5.41) is 0. The van der Waals surface area contributed by atoms with Crippen molar-refractivity contribution in [3.63, 3.8) is 0 Å². The zero-order valence-corrected chi connectivity index (χ0v) is 9.16. The van der Waals surface area contributed by atoms with Crippen molar-refractivity contribution in [2.24, 2.45) is 0 Å². The molecule has 0 saturated carbocycles. The molecule has 1 atom stereocenters. The Morgan fingerprint density at radius 1 is 1.13 bits per heavy atom. The van der Waals surface area contributed by atoms with E-state index < -0.39 is 23.5 Å². The van der Waals surface area contributed by atoms with Gasteiger partial charge in [-0.15, -0.1) is 0 Å². The summed E-state index contributed by atoms with van der Waals surface area (Å²) in [4.78, 5) is 33.1. The summed E-state index contributed by atoms with van der Waals surface area (Å²) in [6.45, 7) is 2.43. The molecule has 6 nitrogen and oxygen atoms in total. The van der Waals surface area contributed by atoms with Gasteiger partial charge in [0.15, 0.2) is 0 Å². The first-order valence-corrected chi connectivity index (χ1v) is 4.20. The molecule has 0 aromatic rings. The number of rotatable bonds is 4. The van der Waals surface area contributed by atoms with Gasteiger partial charge in [-0.1, -0.05) is 0 Å². The molecule has 0 aromatic carbocycles. The topological polar surface area (TPSA) is 78.9 Å². The lowest BCUT2D eigenvalue weighted by molar-refractivity contribution is -0.181. The number of hydrogen-bond donors (Lipinski definition) is 0. The molecule has 0 heterocycles. The molecule has 0 N–H and O–H groups in total. The molecule has 0 aliphatic rings. The number of carbonyl (C=O) groups excluding carboxylic acids is 3. The molecule has 0 saturated heterocycles. The molecule has 0 spiro atoms. The molecular weight excluding hydrogens is 204 g/mol. The van der Waals surface area contributed by atoms with E-state index in [4.69, 9.17) is 4.74 Å². The fourth-order valence-electron chi connectivity index (χ4n) is 1.03. The van der Waals surface area contributed by atoms with E-state index in [1.165, 1.54) is 14.0 Å². The third-order valence-corrected chi connectivity index (χ3v) is 1.70. The Morgan fingerprint density at radius 2 is 1.67 bits per heavy atom. The smallest absolute Gasteiger partial charge is 0.350 e. The van der Waals surface area contributed by atoms with Gasteiger partial charge in [-0.3, -0.25) is 9.59 Å². The lowest BCUT2D eigenvalue weighted by atomic mass is 10.0. The molecule has 0 bridgehead atoms. The van der Waals surface area contributed by atoms with Crippen LogP contribution >= 0.6 is 0 Å². The second-order valence-electron chi connectivity index (χ2n) is 3.07. The summed E-state index contributed by atoms with van der Waals surface area (Å²) in [6.07, 6.45) is -0.379. The minimum atomic E-state index is -1.63. The summed E-state index contributed by atoms with van der Waals surface area (Å²) >= 11 is 0. The van der Waals surface area contributed by atoms with Crippen LogP contribution in [0.1, 0.15) is 20.3 Å². The van der Waals surface area contributed by atoms with Crippen LogP contribution in [0.15, 0.2) is 0 Å². The lowest BCUT2D eigenvalue weighted by Crippen LogP contribution is -2.43. The highest BCUT2D eigenvalue weighted by molar-refractivity contribution is 5.87. The molecule has 0 aliphatic carbocycles. The summed E-state index contributed by atoms with van der Waals surface area (Å²) in [6, 6.07) is 0. The second-order valence-corrected chi connectivity index (χ2v) is 3.07. The minimum Gasteiger partial charge on any atom is -0.469 e. The monoisotopic (exact) mass is 218 g/mol. The van der Waals surface area contributed by atoms with Crippen LogP contribution in [0.2, 0.25) is 0 Å². The highest BCUT2D eigenvalue weighted by Crippen LogP contribution is 2.18. The number of ether oxygens (including phenoxy) is 3. The third kappa shape index (κ3) is 3.97. The van der Waals surface area contributed by atoms with E-state index in [0.29, 0.717) is 0 Å². The van der Waals surface area contributed by atoms with Gasteiger partial charge in [0.1, 0.15) is 0 Å². The molecule has 0 radical (unpaired) electrons. The van der Waals surface area contributed by atoms with E-state index in [-0.39, 0.29) is 6.42 Å². The van der Waals surface area contributed by atoms with Crippen molar-refractivity contribution in [1.82, 2.24) is 0 Å². The Balaban J connectivity index is 4.76. The van der Waals surface area contributed by atoms with E-state index in [1.807, 2.05) is 0 Å². The van der Waals surface area contributed by atoms with Crippen LogP contribution in [-0.2, 0) is 28.6 Å². The van der Waals surface area contributed by atoms with E-state index in [9.17, 15) is 14.4 Å². The maximum Gasteiger partial charge on any atom is 0.350 e. The number of methoxy groups -OCH3 is 2. The van der Waals surface area contributed by atoms with Gasteiger partial charge in [-0.05, 0) is 6.92 Å². The van der Waals surface area contributed by atoms with Crippen LogP contribution in [0.3, 0.4) is 0 Å². The Hall–Kier alpha value is -1.59. The van der Waals surface area contributed by atoms with E-state index in [0.717, 1.165) is 14.0 Å². The summed E-state index contributed by atoms with van der Waals surface area (Å²) in [7, 11) is 2.31. The molecule has 86 valence electrons. The first-order valence-electron chi connectivity index (χ1n) is 4.20. The molecule has 0 amide bonds. The van der Waals surface area contributed by atoms with Crippen LogP contribution in [0.5, 0.6) is 0 Å². The highest BCUT2D eigenvalue weighted by atomic mass is 16.6. The molecule has 0 fully saturated rings. The van der Waals surface area contributed by atoms with Gasteiger partial charge in [0.2, 0.25) is 5.60 Å². The zero-order valence-electron chi connectivity index (χ0n) is 9.16. The standard InChI is InChI=1S/C9H14O6/c1-6(10)15-9(2,8(12)14-4)5-7(11)13-3/h5H2,1-4H3/t9-/m0/s1. The number of esters is 3. The molecule has 0 aliphatic heterocycles. The predicted octanol–water partition coefficient (Wildman–Crippen LogP) is 0.0443. The Morgan fingerprint density at radius 3 is 2.00 bits per heavy atom. The quantitative estimate of drug-likeness (QED) is 0.490. The van der Waals surface area contributed by atoms with Gasteiger partial charge in [0.25, 0.3) is 0 Å². The zero-order chi connectivity index (χ0) is 12.1. The van der Waals surface area contributed by atoms with E-state index >= 15 is 0 Å². The summed E-state index contributed by atoms with van der Waals surface area (Å²) in [5.74, 6) is -2.14. The van der Waals surface area contributed by atoms with Gasteiger partial charge in [0.05, 0.1) is 20.6 Å². The molecule has 0 unspecified atom stereocenters. The largest absolute Gasteiger partial charge is 0.469 e. The summed E-state index contributed by atoms with van der Waals surface area (Å²) < 4.78 is 13.6. The molecule has 15 heavy (non-hydrogen) atoms. The SMILES string of the molecule is COC(=O)C[C@](C)(OC(C)=O)C(=O)OC. The van der Waals surface area contributed by atoms with Crippen LogP contribution in [0.4, 0.5) is 0 Å². The van der Waals surface area contributed by atoms with Crippen molar-refractivity contribution in [2.75, 3.05) is 14.2 Å². The molecular formula is C9H14O6. The number of hydrogen-bond acceptors (Lipinski definition) is 6. The van der Waals surface area contributed by atoms with Gasteiger partial charge < -0.3 is 14.2 Å². The third-order valence-electron chi connectivity index (χ3n) is 1.70. The van der Waals surface area contributed by atoms with Crippen molar-refractivity contribution in [3.05, 3.63) is 0 Å². The maximum absolute atomic E-state index is 11.3. The Bertz CT molecular complexity index is 272. The van der Waals surface area contributed by atoms with Crippen LogP contribution in [-0.4, -0.2) is 37.7 Å².